The molecule has 0 saturated heterocycles. The molecule has 0 spiro atoms. The van der Waals surface area contributed by atoms with E-state index in [0.29, 0.717) is 0 Å². The van der Waals surface area contributed by atoms with Crippen molar-refractivity contribution in [3.63, 3.8) is 0 Å². The topological polar surface area (TPSA) is 12.0 Å². The molecule has 0 aliphatic heterocycles. The average Bonchev–Trinajstić information content (AvgIpc) is 1.57. The highest BCUT2D eigenvalue weighted by Crippen LogP contribution is 2.40. The van der Waals surface area contributed by atoms with Crippen molar-refractivity contribution in [1.29, 1.82) is 0 Å². The smallest absolute Gasteiger partial charge is 0.317 e. The number of alkyl halides is 3. The zero-order valence-corrected chi connectivity index (χ0v) is 5.70. The van der Waals surface area contributed by atoms with Crippen LogP contribution in [0, 0.1) is 5.92 Å². The lowest BCUT2D eigenvalue weighted by molar-refractivity contribution is -0.198. The second kappa shape index (κ2) is 2.42. The molecular formula is C6H10F3N. The second-order valence-electron chi connectivity index (χ2n) is 2.70. The Balaban J connectivity index is 2.26. The summed E-state index contributed by atoms with van der Waals surface area (Å²) in [7, 11) is 1.69. The van der Waals surface area contributed by atoms with E-state index in [1.165, 1.54) is 0 Å². The van der Waals surface area contributed by atoms with Gasteiger partial charge in [0.2, 0.25) is 0 Å². The van der Waals surface area contributed by atoms with Crippen molar-refractivity contribution >= 4 is 0 Å². The highest BCUT2D eigenvalue weighted by atomic mass is 19.4. The molecule has 10 heavy (non-hydrogen) atoms. The van der Waals surface area contributed by atoms with Crippen LogP contribution in [0.3, 0.4) is 0 Å². The summed E-state index contributed by atoms with van der Waals surface area (Å²) in [5.74, 6) is -1.05. The molecule has 60 valence electrons. The largest absolute Gasteiger partial charge is 0.391 e. The monoisotopic (exact) mass is 153 g/mol. The van der Waals surface area contributed by atoms with Gasteiger partial charge in [0.1, 0.15) is 0 Å². The fourth-order valence-corrected chi connectivity index (χ4v) is 1.12. The van der Waals surface area contributed by atoms with Crippen molar-refractivity contribution in [2.75, 3.05) is 7.05 Å². The van der Waals surface area contributed by atoms with Crippen molar-refractivity contribution in [2.24, 2.45) is 5.92 Å². The predicted molar refractivity (Wildman–Crippen MR) is 31.6 cm³/mol. The van der Waals surface area contributed by atoms with Crippen LogP contribution in [0.25, 0.3) is 0 Å². The zero-order chi connectivity index (χ0) is 7.78. The molecule has 0 radical (unpaired) electrons. The molecule has 0 aromatic carbocycles. The lowest BCUT2D eigenvalue weighted by Gasteiger charge is -2.36. The first-order chi connectivity index (χ1) is 4.54. The molecule has 0 unspecified atom stereocenters. The number of halogens is 3. The van der Waals surface area contributed by atoms with Crippen LogP contribution in [-0.4, -0.2) is 19.3 Å². The number of hydrogen-bond acceptors (Lipinski definition) is 1. The molecule has 0 aromatic heterocycles. The first-order valence-corrected chi connectivity index (χ1v) is 3.28. The molecule has 1 nitrogen and oxygen atoms in total. The van der Waals surface area contributed by atoms with Gasteiger partial charge in [0, 0.05) is 6.04 Å². The van der Waals surface area contributed by atoms with E-state index in [0.717, 1.165) is 0 Å². The van der Waals surface area contributed by atoms with E-state index in [9.17, 15) is 13.2 Å². The van der Waals surface area contributed by atoms with Gasteiger partial charge in [0.05, 0.1) is 5.92 Å². The fraction of sp³-hybridized carbons (Fsp3) is 1.00. The van der Waals surface area contributed by atoms with E-state index in [1.54, 1.807) is 7.05 Å². The van der Waals surface area contributed by atoms with Crippen molar-refractivity contribution in [1.82, 2.24) is 5.32 Å². The van der Waals surface area contributed by atoms with Gasteiger partial charge in [-0.1, -0.05) is 0 Å². The lowest BCUT2D eigenvalue weighted by Crippen LogP contribution is -2.45. The Morgan fingerprint density at radius 1 is 1.30 bits per heavy atom. The van der Waals surface area contributed by atoms with Gasteiger partial charge in [-0.2, -0.15) is 13.2 Å². The zero-order valence-electron chi connectivity index (χ0n) is 5.70. The second-order valence-corrected chi connectivity index (χ2v) is 2.70. The molecule has 0 amide bonds. The van der Waals surface area contributed by atoms with Gasteiger partial charge in [-0.25, -0.2) is 0 Å². The summed E-state index contributed by atoms with van der Waals surface area (Å²) in [6, 6.07) is 0.0895. The van der Waals surface area contributed by atoms with Gasteiger partial charge in [-0.15, -0.1) is 0 Å². The van der Waals surface area contributed by atoms with Crippen molar-refractivity contribution in [3.05, 3.63) is 0 Å². The van der Waals surface area contributed by atoms with Crippen LogP contribution >= 0.6 is 0 Å². The molecule has 0 bridgehead atoms. The van der Waals surface area contributed by atoms with E-state index < -0.39 is 12.1 Å². The standard InChI is InChI=1S/C6H10F3N/c1-10-5-2-4(3-5)6(7,8)9/h4-5,10H,2-3H2,1H3/t4-,5-. The lowest BCUT2D eigenvalue weighted by atomic mass is 9.80. The van der Waals surface area contributed by atoms with Crippen LogP contribution in [-0.2, 0) is 0 Å². The van der Waals surface area contributed by atoms with Gasteiger partial charge in [-0.3, -0.25) is 0 Å². The Morgan fingerprint density at radius 2 is 1.80 bits per heavy atom. The van der Waals surface area contributed by atoms with E-state index in [1.807, 2.05) is 0 Å². The first kappa shape index (κ1) is 7.85. The van der Waals surface area contributed by atoms with Crippen molar-refractivity contribution < 1.29 is 13.2 Å². The van der Waals surface area contributed by atoms with Gasteiger partial charge in [0.15, 0.2) is 0 Å². The normalized spacial score (nSPS) is 33.6. The highest BCUT2D eigenvalue weighted by molar-refractivity contribution is 4.87. The molecule has 1 rings (SSSR count). The fourth-order valence-electron chi connectivity index (χ4n) is 1.12. The summed E-state index contributed by atoms with van der Waals surface area (Å²) in [4.78, 5) is 0. The number of rotatable bonds is 1. The van der Waals surface area contributed by atoms with E-state index in [-0.39, 0.29) is 18.9 Å². The van der Waals surface area contributed by atoms with Crippen molar-refractivity contribution in [3.8, 4) is 0 Å². The first-order valence-electron chi connectivity index (χ1n) is 3.28. The summed E-state index contributed by atoms with van der Waals surface area (Å²) in [5, 5.41) is 2.80. The van der Waals surface area contributed by atoms with Crippen LogP contribution in [0.4, 0.5) is 13.2 Å². The van der Waals surface area contributed by atoms with E-state index >= 15 is 0 Å². The predicted octanol–water partition coefficient (Wildman–Crippen LogP) is 1.55. The SMILES string of the molecule is CN[C@H]1C[C@H](C(F)(F)F)C1. The summed E-state index contributed by atoms with van der Waals surface area (Å²) in [6.07, 6.45) is -3.46. The number of hydrogen-bond donors (Lipinski definition) is 1. The van der Waals surface area contributed by atoms with Crippen LogP contribution in [0.15, 0.2) is 0 Å². The van der Waals surface area contributed by atoms with Crippen LogP contribution in [0.1, 0.15) is 12.8 Å². The Labute approximate surface area is 57.6 Å². The highest BCUT2D eigenvalue weighted by Gasteiger charge is 2.47. The maximum atomic E-state index is 11.8. The molecular weight excluding hydrogens is 143 g/mol. The summed E-state index contributed by atoms with van der Waals surface area (Å²) in [6.45, 7) is 0. The Bertz CT molecular complexity index is 115. The Hall–Kier alpha value is -0.250. The minimum atomic E-state index is -3.96. The number of nitrogens with one attached hydrogen (secondary N) is 1. The Kier molecular flexibility index (Phi) is 1.90. The Morgan fingerprint density at radius 3 is 2.10 bits per heavy atom. The quantitative estimate of drug-likeness (QED) is 0.602. The third kappa shape index (κ3) is 1.42. The van der Waals surface area contributed by atoms with Crippen LogP contribution < -0.4 is 5.32 Å². The molecule has 1 saturated carbocycles. The van der Waals surface area contributed by atoms with Crippen LogP contribution in [0.2, 0.25) is 0 Å². The molecule has 1 fully saturated rings. The summed E-state index contributed by atoms with van der Waals surface area (Å²) < 4.78 is 35.3. The van der Waals surface area contributed by atoms with Gasteiger partial charge < -0.3 is 5.32 Å². The molecule has 1 aliphatic carbocycles. The maximum absolute atomic E-state index is 11.8. The molecule has 0 atom stereocenters. The average molecular weight is 153 g/mol. The summed E-state index contributed by atoms with van der Waals surface area (Å²) >= 11 is 0. The summed E-state index contributed by atoms with van der Waals surface area (Å²) in [5.41, 5.74) is 0. The van der Waals surface area contributed by atoms with Gasteiger partial charge in [-0.05, 0) is 19.9 Å². The van der Waals surface area contributed by atoms with E-state index in [4.69, 9.17) is 0 Å². The van der Waals surface area contributed by atoms with Crippen molar-refractivity contribution in [2.45, 2.75) is 25.1 Å². The third-order valence-electron chi connectivity index (χ3n) is 2.01. The molecule has 1 aliphatic rings. The molecule has 4 heteroatoms. The maximum Gasteiger partial charge on any atom is 0.391 e. The van der Waals surface area contributed by atoms with E-state index in [2.05, 4.69) is 5.32 Å². The minimum absolute atomic E-state index is 0.0895. The van der Waals surface area contributed by atoms with Gasteiger partial charge >= 0.3 is 6.18 Å². The van der Waals surface area contributed by atoms with Crippen LogP contribution in [0.5, 0.6) is 0 Å². The van der Waals surface area contributed by atoms with Gasteiger partial charge in [0.25, 0.3) is 0 Å². The third-order valence-corrected chi connectivity index (χ3v) is 2.01. The minimum Gasteiger partial charge on any atom is -0.317 e. The molecule has 0 heterocycles. The molecule has 1 N–H and O–H groups in total. The molecule has 0 aromatic rings.